The minimum Gasteiger partial charge on any atom is -0.493 e. The highest BCUT2D eigenvalue weighted by atomic mass is 16.5. The monoisotopic (exact) mass is 1240 g/mol. The third kappa shape index (κ3) is 17.3. The fourth-order valence-electron chi connectivity index (χ4n) is 11.5. The maximum Gasteiger partial charge on any atom is 0.326 e. The molecule has 4 atom stereocenters. The van der Waals surface area contributed by atoms with Crippen LogP contribution >= 0.6 is 0 Å². The molecule has 482 valence electrons. The van der Waals surface area contributed by atoms with Crippen molar-refractivity contribution < 1.29 is 86.1 Å². The quantitative estimate of drug-likeness (QED) is 0.0273. The maximum absolute atomic E-state index is 14.4. The standard InChI is InChI=1S/C66H85N5O18/c1-11-45(43-36-51(82-7)58(84-9)52(37-43)83-8)61(76)70-32-27-42(35-48(70)64(79)80)56-41(21-25-50(81-6)59(56)85-10)16-12-15-40-19-22-44(23-20-40)86-38-54(73)67-30-14-33-88-66(4,5)29-34-89-65(2,3)28-31-68-55(74)39-87-49-18-13-17-46-57(49)63(78)71(62(46)77)47-24-26-53(72)69-60(47)75/h13,17-23,25,36-37,42,45,47-48H,11-12,14-16,24,26-35,38-39H2,1-10H3,(H,67,73)(H,68,74)(H,79,80)(H,69,72,75)/t42?,45-,47?,48-/m0/s1. The number of carboxylic acids is 1. The Labute approximate surface area is 519 Å². The first-order valence-electron chi connectivity index (χ1n) is 30.1. The minimum atomic E-state index is -1.12. The number of ether oxygens (including phenoxy) is 9. The van der Waals surface area contributed by atoms with Gasteiger partial charge in [-0.3, -0.25) is 43.8 Å². The average molecular weight is 1240 g/mol. The van der Waals surface area contributed by atoms with Crippen molar-refractivity contribution in [2.24, 2.45) is 0 Å². The van der Waals surface area contributed by atoms with E-state index in [2.05, 4.69) is 16.0 Å². The Kier molecular flexibility index (Phi) is 23.8. The maximum atomic E-state index is 14.4. The number of amides is 7. The number of likely N-dealkylation sites (tertiary alicyclic amines) is 1. The molecule has 3 heterocycles. The van der Waals surface area contributed by atoms with Gasteiger partial charge in [-0.2, -0.15) is 0 Å². The van der Waals surface area contributed by atoms with Crippen molar-refractivity contribution in [1.82, 2.24) is 25.8 Å². The Balaban J connectivity index is 0.786. The normalized spacial score (nSPS) is 17.1. The van der Waals surface area contributed by atoms with E-state index in [1.807, 2.05) is 71.0 Å². The minimum absolute atomic E-state index is 0.00681. The lowest BCUT2D eigenvalue weighted by molar-refractivity contribution is -0.153. The molecule has 4 N–H and O–H groups in total. The second kappa shape index (κ2) is 31.1. The number of aryl methyl sites for hydroxylation is 2. The van der Waals surface area contributed by atoms with Crippen molar-refractivity contribution in [2.45, 2.75) is 140 Å². The Bertz CT molecular complexity index is 3170. The summed E-state index contributed by atoms with van der Waals surface area (Å²) in [4.78, 5) is 106. The molecule has 2 unspecified atom stereocenters. The number of nitrogens with one attached hydrogen (secondary N) is 3. The lowest BCUT2D eigenvalue weighted by atomic mass is 9.80. The molecule has 0 bridgehead atoms. The number of piperidine rings is 2. The number of carbonyl (C=O) groups excluding carboxylic acids is 7. The fraction of sp³-hybridized carbons (Fsp3) is 0.515. The van der Waals surface area contributed by atoms with E-state index in [-0.39, 0.29) is 73.6 Å². The molecule has 4 aromatic carbocycles. The average Bonchev–Trinajstić information content (AvgIpc) is 1.74. The topological polar surface area (TPSA) is 282 Å². The smallest absolute Gasteiger partial charge is 0.326 e. The predicted molar refractivity (Wildman–Crippen MR) is 326 cm³/mol. The number of carbonyl (C=O) groups is 8. The lowest BCUT2D eigenvalue weighted by Crippen LogP contribution is -2.54. The van der Waals surface area contributed by atoms with Gasteiger partial charge in [0.25, 0.3) is 23.6 Å². The molecule has 23 nitrogen and oxygen atoms in total. The first kappa shape index (κ1) is 68.1. The van der Waals surface area contributed by atoms with Crippen molar-refractivity contribution in [3.8, 4) is 40.2 Å². The predicted octanol–water partition coefficient (Wildman–Crippen LogP) is 7.11. The van der Waals surface area contributed by atoms with E-state index in [0.717, 1.165) is 34.4 Å². The number of fused-ring (bicyclic) bond motifs is 1. The van der Waals surface area contributed by atoms with Gasteiger partial charge >= 0.3 is 5.97 Å². The van der Waals surface area contributed by atoms with Gasteiger partial charge in [-0.05, 0) is 157 Å². The van der Waals surface area contributed by atoms with Crippen LogP contribution in [0.4, 0.5) is 0 Å². The van der Waals surface area contributed by atoms with Crippen molar-refractivity contribution in [3.05, 3.63) is 100 Å². The SMILES string of the molecule is CC[C@H](C(=O)N1CCC(c2c(CCCc3ccc(OCC(=O)NCCCOC(C)(C)CCOC(C)(C)CCNC(=O)COc4cccc5c4C(=O)N(C4CCC(=O)NC4=O)C5=O)cc3)ccc(OC)c2OC)C[C@H]1C(=O)O)c1cc(OC)c(OC)c(OC)c1. The second-order valence-corrected chi connectivity index (χ2v) is 23.4. The van der Waals surface area contributed by atoms with Crippen LogP contribution in [0.1, 0.15) is 147 Å². The first-order chi connectivity index (χ1) is 42.6. The Morgan fingerprint density at radius 3 is 1.99 bits per heavy atom. The van der Waals surface area contributed by atoms with Crippen LogP contribution in [-0.2, 0) is 51.1 Å². The first-order valence-corrected chi connectivity index (χ1v) is 30.1. The zero-order valence-electron chi connectivity index (χ0n) is 52.7. The molecule has 0 spiro atoms. The molecule has 2 fully saturated rings. The molecule has 2 saturated heterocycles. The largest absolute Gasteiger partial charge is 0.493 e. The van der Waals surface area contributed by atoms with E-state index in [1.165, 1.54) is 44.4 Å². The number of hydrogen-bond acceptors (Lipinski definition) is 17. The van der Waals surface area contributed by atoms with Crippen LogP contribution in [0.25, 0.3) is 0 Å². The second-order valence-electron chi connectivity index (χ2n) is 23.4. The Hall–Kier alpha value is -8.44. The Morgan fingerprint density at radius 1 is 0.697 bits per heavy atom. The van der Waals surface area contributed by atoms with Gasteiger partial charge in [-0.15, -0.1) is 0 Å². The van der Waals surface area contributed by atoms with E-state index < -0.39 is 71.3 Å². The Morgan fingerprint density at radius 2 is 1.35 bits per heavy atom. The highest BCUT2D eigenvalue weighted by Gasteiger charge is 2.46. The zero-order chi connectivity index (χ0) is 64.6. The van der Waals surface area contributed by atoms with Gasteiger partial charge in [0, 0.05) is 38.2 Å². The van der Waals surface area contributed by atoms with Gasteiger partial charge in [-0.25, -0.2) is 4.79 Å². The molecule has 89 heavy (non-hydrogen) atoms. The molecule has 7 rings (SSSR count). The number of nitrogens with zero attached hydrogens (tertiary/aromatic N) is 2. The van der Waals surface area contributed by atoms with E-state index in [0.29, 0.717) is 98.3 Å². The molecule has 0 aromatic heterocycles. The molecule has 0 aliphatic carbocycles. The van der Waals surface area contributed by atoms with Gasteiger partial charge < -0.3 is 63.3 Å². The number of imide groups is 2. The van der Waals surface area contributed by atoms with E-state index in [1.54, 1.807) is 26.4 Å². The third-order valence-corrected chi connectivity index (χ3v) is 16.4. The molecule has 23 heteroatoms. The van der Waals surface area contributed by atoms with Gasteiger partial charge in [0.15, 0.2) is 36.2 Å². The number of carboxylic acid groups (broad SMARTS) is 1. The summed E-state index contributed by atoms with van der Waals surface area (Å²) in [6.07, 6.45) is 4.93. The van der Waals surface area contributed by atoms with E-state index in [4.69, 9.17) is 42.6 Å². The summed E-state index contributed by atoms with van der Waals surface area (Å²) >= 11 is 0. The molecular formula is C66H85N5O18. The van der Waals surface area contributed by atoms with Crippen LogP contribution in [0.5, 0.6) is 40.2 Å². The number of hydrogen-bond donors (Lipinski definition) is 4. The molecule has 0 saturated carbocycles. The van der Waals surface area contributed by atoms with Crippen LogP contribution in [-0.4, -0.2) is 167 Å². The van der Waals surface area contributed by atoms with Gasteiger partial charge in [0.2, 0.25) is 23.5 Å². The molecule has 7 amide bonds. The summed E-state index contributed by atoms with van der Waals surface area (Å²) in [7, 11) is 7.66. The van der Waals surface area contributed by atoms with Crippen LogP contribution in [0.2, 0.25) is 0 Å². The molecule has 4 aromatic rings. The van der Waals surface area contributed by atoms with Crippen molar-refractivity contribution >= 4 is 47.3 Å². The van der Waals surface area contributed by atoms with E-state index >= 15 is 0 Å². The summed E-state index contributed by atoms with van der Waals surface area (Å²) in [5.74, 6) is -2.69. The van der Waals surface area contributed by atoms with Crippen molar-refractivity contribution in [3.63, 3.8) is 0 Å². The summed E-state index contributed by atoms with van der Waals surface area (Å²) in [5.41, 5.74) is 2.50. The highest BCUT2D eigenvalue weighted by molar-refractivity contribution is 6.24. The van der Waals surface area contributed by atoms with Gasteiger partial charge in [0.1, 0.15) is 23.6 Å². The van der Waals surface area contributed by atoms with Gasteiger partial charge in [0.05, 0.1) is 70.4 Å². The molecule has 3 aliphatic rings. The summed E-state index contributed by atoms with van der Waals surface area (Å²) in [6.45, 7) is 10.8. The third-order valence-electron chi connectivity index (χ3n) is 16.4. The van der Waals surface area contributed by atoms with Crippen molar-refractivity contribution in [2.75, 3.05) is 81.6 Å². The summed E-state index contributed by atoms with van der Waals surface area (Å²) in [6, 6.07) is 17.2. The number of aliphatic carboxylic acids is 1. The number of benzene rings is 4. The van der Waals surface area contributed by atoms with Gasteiger partial charge in [-0.1, -0.05) is 31.2 Å². The van der Waals surface area contributed by atoms with E-state index in [9.17, 15) is 43.5 Å². The van der Waals surface area contributed by atoms with Crippen molar-refractivity contribution in [1.29, 1.82) is 0 Å². The fourth-order valence-corrected chi connectivity index (χ4v) is 11.5. The lowest BCUT2D eigenvalue weighted by Gasteiger charge is -2.40. The molecule has 3 aliphatic heterocycles. The molecular weight excluding hydrogens is 1150 g/mol. The zero-order valence-corrected chi connectivity index (χ0v) is 52.7. The van der Waals surface area contributed by atoms with Crippen LogP contribution in [0, 0.1) is 0 Å². The summed E-state index contributed by atoms with van der Waals surface area (Å²) < 4.78 is 52.1. The number of rotatable bonds is 33. The van der Waals surface area contributed by atoms with Crippen LogP contribution < -0.4 is 49.1 Å². The van der Waals surface area contributed by atoms with Crippen LogP contribution in [0.3, 0.4) is 0 Å². The summed E-state index contributed by atoms with van der Waals surface area (Å²) in [5, 5.41) is 18.5. The number of methoxy groups -OCH3 is 5. The highest BCUT2D eigenvalue weighted by Crippen LogP contribution is 2.46. The van der Waals surface area contributed by atoms with Crippen LogP contribution in [0.15, 0.2) is 66.7 Å². The molecule has 0 radical (unpaired) electrons.